The van der Waals surface area contributed by atoms with Crippen molar-refractivity contribution in [2.45, 2.75) is 38.8 Å². The summed E-state index contributed by atoms with van der Waals surface area (Å²) in [6.45, 7) is 4.68. The fourth-order valence-corrected chi connectivity index (χ4v) is 3.99. The molecule has 0 spiro atoms. The van der Waals surface area contributed by atoms with Crippen LogP contribution in [-0.4, -0.2) is 74.6 Å². The first-order valence-electron chi connectivity index (χ1n) is 11.2. The van der Waals surface area contributed by atoms with Crippen LogP contribution in [0.5, 0.6) is 0 Å². The van der Waals surface area contributed by atoms with Crippen molar-refractivity contribution in [1.29, 1.82) is 0 Å². The number of piperidine rings is 1. The van der Waals surface area contributed by atoms with Gasteiger partial charge in [0.25, 0.3) is 5.91 Å². The second-order valence-corrected chi connectivity index (χ2v) is 8.71. The second kappa shape index (κ2) is 9.62. The lowest BCUT2D eigenvalue weighted by Gasteiger charge is -2.32. The van der Waals surface area contributed by atoms with Crippen molar-refractivity contribution in [1.82, 2.24) is 29.3 Å². The Balaban J connectivity index is 1.52. The van der Waals surface area contributed by atoms with Crippen LogP contribution in [0.25, 0.3) is 11.0 Å². The minimum absolute atomic E-state index is 0.00713. The molecule has 1 saturated heterocycles. The van der Waals surface area contributed by atoms with Crippen LogP contribution in [0.15, 0.2) is 30.9 Å². The third-order valence-electron chi connectivity index (χ3n) is 5.68. The number of rotatable bonds is 5. The minimum atomic E-state index is -0.445. The highest BCUT2D eigenvalue weighted by molar-refractivity contribution is 5.94. The van der Waals surface area contributed by atoms with Crippen LogP contribution in [0.3, 0.4) is 0 Å². The van der Waals surface area contributed by atoms with Crippen molar-refractivity contribution >= 4 is 34.7 Å². The number of amides is 2. The average Bonchev–Trinajstić information content (AvgIpc) is 3.16. The third-order valence-corrected chi connectivity index (χ3v) is 5.68. The van der Waals surface area contributed by atoms with Crippen LogP contribution in [0.4, 0.5) is 20.8 Å². The number of nitrogens with one attached hydrogen (secondary N) is 1. The van der Waals surface area contributed by atoms with Crippen LogP contribution in [-0.2, 0) is 4.74 Å². The normalized spacial score (nSPS) is 14.5. The predicted molar refractivity (Wildman–Crippen MR) is 124 cm³/mol. The van der Waals surface area contributed by atoms with Gasteiger partial charge in [0.2, 0.25) is 0 Å². The van der Waals surface area contributed by atoms with Crippen LogP contribution in [0.1, 0.15) is 43.1 Å². The van der Waals surface area contributed by atoms with E-state index >= 15 is 4.39 Å². The lowest BCUT2D eigenvalue weighted by atomic mass is 10.1. The van der Waals surface area contributed by atoms with E-state index in [4.69, 9.17) is 4.74 Å². The number of likely N-dealkylation sites (tertiary alicyclic amines) is 1. The highest BCUT2D eigenvalue weighted by atomic mass is 19.1. The van der Waals surface area contributed by atoms with Gasteiger partial charge in [0.05, 0.1) is 17.1 Å². The summed E-state index contributed by atoms with van der Waals surface area (Å²) in [5.41, 5.74) is 0.918. The van der Waals surface area contributed by atoms with E-state index in [1.807, 2.05) is 18.4 Å². The largest absolute Gasteiger partial charge is 0.447 e. The standard InChI is InChI=1S/C23H28FN7O3/c1-14(2)34-23(33)30-9-7-16(8-10-30)31-12-17(24)19-20(26-13-27-21(19)31)28-18-6-5-15(11-25-18)22(32)29(3)4/h5-6,11-14,16H,7-10H2,1-4H3,(H,25,26,27,28). The van der Waals surface area contributed by atoms with Crippen molar-refractivity contribution in [3.63, 3.8) is 0 Å². The average molecular weight is 470 g/mol. The molecule has 11 heteroatoms. The summed E-state index contributed by atoms with van der Waals surface area (Å²) < 4.78 is 22.1. The fourth-order valence-electron chi connectivity index (χ4n) is 3.99. The monoisotopic (exact) mass is 469 g/mol. The van der Waals surface area contributed by atoms with Gasteiger partial charge in [-0.1, -0.05) is 0 Å². The Morgan fingerprint density at radius 2 is 1.91 bits per heavy atom. The van der Waals surface area contributed by atoms with Crippen molar-refractivity contribution < 1.29 is 18.7 Å². The van der Waals surface area contributed by atoms with Gasteiger partial charge in [-0.15, -0.1) is 0 Å². The number of carbonyl (C=O) groups is 2. The molecule has 2 amide bonds. The number of anilines is 2. The summed E-state index contributed by atoms with van der Waals surface area (Å²) in [4.78, 5) is 40.2. The maximum absolute atomic E-state index is 15.0. The number of pyridine rings is 1. The fraction of sp³-hybridized carbons (Fsp3) is 0.435. The summed E-state index contributed by atoms with van der Waals surface area (Å²) in [6, 6.07) is 3.29. The quantitative estimate of drug-likeness (QED) is 0.609. The molecule has 34 heavy (non-hydrogen) atoms. The molecule has 1 aliphatic rings. The van der Waals surface area contributed by atoms with Crippen LogP contribution < -0.4 is 5.32 Å². The molecule has 0 bridgehead atoms. The summed E-state index contributed by atoms with van der Waals surface area (Å²) in [6.07, 6.45) is 5.09. The molecule has 0 saturated carbocycles. The Bertz CT molecular complexity index is 1190. The zero-order valence-electron chi connectivity index (χ0n) is 19.7. The van der Waals surface area contributed by atoms with E-state index in [0.29, 0.717) is 48.8 Å². The van der Waals surface area contributed by atoms with E-state index < -0.39 is 5.82 Å². The molecular weight excluding hydrogens is 441 g/mol. The van der Waals surface area contributed by atoms with E-state index in [9.17, 15) is 9.59 Å². The molecule has 4 heterocycles. The number of carbonyl (C=O) groups excluding carboxylic acids is 2. The first-order chi connectivity index (χ1) is 16.2. The Labute approximate surface area is 196 Å². The number of nitrogens with zero attached hydrogens (tertiary/aromatic N) is 6. The first-order valence-corrected chi connectivity index (χ1v) is 11.2. The molecule has 0 aliphatic carbocycles. The Hall–Kier alpha value is -3.76. The summed E-state index contributed by atoms with van der Waals surface area (Å²) >= 11 is 0. The molecular formula is C23H28FN7O3. The van der Waals surface area contributed by atoms with Crippen molar-refractivity contribution in [3.05, 3.63) is 42.2 Å². The first kappa shape index (κ1) is 23.4. The Morgan fingerprint density at radius 1 is 1.18 bits per heavy atom. The number of ether oxygens (including phenoxy) is 1. The number of halogens is 1. The van der Waals surface area contributed by atoms with Gasteiger partial charge >= 0.3 is 6.09 Å². The van der Waals surface area contributed by atoms with E-state index in [2.05, 4.69) is 20.3 Å². The van der Waals surface area contributed by atoms with Crippen LogP contribution in [0, 0.1) is 5.82 Å². The molecule has 1 aliphatic heterocycles. The lowest BCUT2D eigenvalue weighted by Crippen LogP contribution is -2.40. The Kier molecular flexibility index (Phi) is 6.62. The number of hydrogen-bond acceptors (Lipinski definition) is 7. The smallest absolute Gasteiger partial charge is 0.410 e. The molecule has 4 rings (SSSR count). The number of fused-ring (bicyclic) bond motifs is 1. The van der Waals surface area contributed by atoms with Gasteiger partial charge in [0, 0.05) is 45.6 Å². The molecule has 3 aromatic heterocycles. The molecule has 10 nitrogen and oxygen atoms in total. The summed E-state index contributed by atoms with van der Waals surface area (Å²) in [7, 11) is 3.33. The van der Waals surface area contributed by atoms with Crippen LogP contribution >= 0.6 is 0 Å². The zero-order valence-corrected chi connectivity index (χ0v) is 19.7. The molecule has 0 aromatic carbocycles. The Morgan fingerprint density at radius 3 is 2.53 bits per heavy atom. The summed E-state index contributed by atoms with van der Waals surface area (Å²) in [5, 5.41) is 3.29. The van der Waals surface area contributed by atoms with Gasteiger partial charge in [-0.3, -0.25) is 4.79 Å². The minimum Gasteiger partial charge on any atom is -0.447 e. The van der Waals surface area contributed by atoms with Gasteiger partial charge in [0.1, 0.15) is 23.6 Å². The number of aromatic nitrogens is 4. The molecule has 0 unspecified atom stereocenters. The van der Waals surface area contributed by atoms with Gasteiger partial charge in [-0.2, -0.15) is 0 Å². The lowest BCUT2D eigenvalue weighted by molar-refractivity contribution is 0.0662. The zero-order chi connectivity index (χ0) is 24.4. The second-order valence-electron chi connectivity index (χ2n) is 8.71. The maximum Gasteiger partial charge on any atom is 0.410 e. The van der Waals surface area contributed by atoms with Gasteiger partial charge in [-0.05, 0) is 38.8 Å². The maximum atomic E-state index is 15.0. The van der Waals surface area contributed by atoms with E-state index in [-0.39, 0.29) is 29.5 Å². The van der Waals surface area contributed by atoms with Gasteiger partial charge < -0.3 is 24.4 Å². The topological polar surface area (TPSA) is 105 Å². The highest BCUT2D eigenvalue weighted by Gasteiger charge is 2.28. The van der Waals surface area contributed by atoms with Gasteiger partial charge in [0.15, 0.2) is 5.82 Å². The highest BCUT2D eigenvalue weighted by Crippen LogP contribution is 2.32. The van der Waals surface area contributed by atoms with Crippen molar-refractivity contribution in [2.75, 3.05) is 32.5 Å². The van der Waals surface area contributed by atoms with Crippen molar-refractivity contribution in [3.8, 4) is 0 Å². The molecule has 0 atom stereocenters. The summed E-state index contributed by atoms with van der Waals surface area (Å²) in [5.74, 6) is 0.118. The third kappa shape index (κ3) is 4.78. The van der Waals surface area contributed by atoms with E-state index in [1.165, 1.54) is 23.6 Å². The predicted octanol–water partition coefficient (Wildman–Crippen LogP) is 3.59. The van der Waals surface area contributed by atoms with E-state index in [0.717, 1.165) is 0 Å². The van der Waals surface area contributed by atoms with Crippen LogP contribution in [0.2, 0.25) is 0 Å². The molecule has 0 radical (unpaired) electrons. The molecule has 3 aromatic rings. The number of hydrogen-bond donors (Lipinski definition) is 1. The van der Waals surface area contributed by atoms with E-state index in [1.54, 1.807) is 31.1 Å². The SMILES string of the molecule is CC(C)OC(=O)N1CCC(n2cc(F)c3c(Nc4ccc(C(=O)N(C)C)cn4)ncnc32)CC1. The molecule has 180 valence electrons. The van der Waals surface area contributed by atoms with Gasteiger partial charge in [-0.25, -0.2) is 24.1 Å². The molecule has 1 N–H and O–H groups in total. The van der Waals surface area contributed by atoms with Crippen molar-refractivity contribution in [2.24, 2.45) is 0 Å². The molecule has 1 fully saturated rings.